The minimum Gasteiger partial charge on any atom is -0.610 e. The number of thiazole rings is 1. The number of fused-ring (bicyclic) bond motifs is 1. The van der Waals surface area contributed by atoms with Crippen LogP contribution in [0.1, 0.15) is 6.92 Å². The van der Waals surface area contributed by atoms with Crippen molar-refractivity contribution in [2.24, 2.45) is 0 Å². The van der Waals surface area contributed by atoms with E-state index in [0.717, 1.165) is 4.70 Å². The summed E-state index contributed by atoms with van der Waals surface area (Å²) >= 11 is 0.221. The molecule has 2 aromatic heterocycles. The van der Waals surface area contributed by atoms with Gasteiger partial charge in [0.2, 0.25) is 5.88 Å². The smallest absolute Gasteiger partial charge is 0.304 e. The fourth-order valence-electron chi connectivity index (χ4n) is 1.08. The Morgan fingerprint density at radius 2 is 2.33 bits per heavy atom. The highest BCUT2D eigenvalue weighted by molar-refractivity contribution is 7.92. The lowest BCUT2D eigenvalue weighted by molar-refractivity contribution is 0.331. The van der Waals surface area contributed by atoms with Crippen molar-refractivity contribution in [3.05, 3.63) is 6.33 Å². The standard InChI is InChI=1S/C8H9N3O2S2/c1-3-13-7-5-6(9-4-10-7)11-8(14-5)15(2)12/h4H,3H2,1-2H3. The lowest BCUT2D eigenvalue weighted by atomic mass is 10.6. The number of ether oxygens (including phenoxy) is 1. The second kappa shape index (κ2) is 4.30. The third-order valence-electron chi connectivity index (χ3n) is 1.67. The Morgan fingerprint density at radius 3 is 3.00 bits per heavy atom. The summed E-state index contributed by atoms with van der Waals surface area (Å²) in [6.45, 7) is 2.42. The van der Waals surface area contributed by atoms with Crippen LogP contribution in [-0.2, 0) is 11.2 Å². The molecule has 0 spiro atoms. The molecular weight excluding hydrogens is 234 g/mol. The summed E-state index contributed by atoms with van der Waals surface area (Å²) in [5.74, 6) is 0.511. The van der Waals surface area contributed by atoms with Gasteiger partial charge in [-0.1, -0.05) is 11.3 Å². The second-order valence-corrected chi connectivity index (χ2v) is 5.25. The van der Waals surface area contributed by atoms with E-state index in [9.17, 15) is 4.55 Å². The minimum atomic E-state index is -1.09. The Bertz CT molecular complexity index is 472. The zero-order chi connectivity index (χ0) is 10.8. The summed E-state index contributed by atoms with van der Waals surface area (Å²) in [6, 6.07) is 0. The number of nitrogens with zero attached hydrogens (tertiary/aromatic N) is 3. The van der Waals surface area contributed by atoms with Crippen molar-refractivity contribution in [1.29, 1.82) is 0 Å². The highest BCUT2D eigenvalue weighted by Crippen LogP contribution is 2.29. The van der Waals surface area contributed by atoms with Crippen LogP contribution in [-0.4, -0.2) is 32.4 Å². The van der Waals surface area contributed by atoms with E-state index in [4.69, 9.17) is 4.74 Å². The van der Waals surface area contributed by atoms with E-state index in [1.54, 1.807) is 6.26 Å². The lowest BCUT2D eigenvalue weighted by Crippen LogP contribution is -1.95. The fourth-order valence-corrected chi connectivity index (χ4v) is 2.71. The second-order valence-electron chi connectivity index (χ2n) is 2.70. The van der Waals surface area contributed by atoms with Crippen LogP contribution in [0.3, 0.4) is 0 Å². The van der Waals surface area contributed by atoms with Crippen LogP contribution in [0.5, 0.6) is 5.88 Å². The van der Waals surface area contributed by atoms with Crippen molar-refractivity contribution >= 4 is 32.9 Å². The molecule has 2 aromatic rings. The number of hydrogen-bond donors (Lipinski definition) is 0. The SMILES string of the molecule is CCOc1ncnc2nc([S+](C)[O-])sc12. The molecule has 0 fully saturated rings. The normalized spacial score (nSPS) is 13.0. The van der Waals surface area contributed by atoms with Gasteiger partial charge in [0, 0.05) is 11.2 Å². The molecule has 1 atom stereocenters. The van der Waals surface area contributed by atoms with Gasteiger partial charge < -0.3 is 9.29 Å². The summed E-state index contributed by atoms with van der Waals surface area (Å²) in [7, 11) is 0. The Balaban J connectivity index is 2.54. The quantitative estimate of drug-likeness (QED) is 0.758. The van der Waals surface area contributed by atoms with Gasteiger partial charge in [-0.2, -0.15) is 4.98 Å². The molecule has 0 aliphatic rings. The number of hydrogen-bond acceptors (Lipinski definition) is 6. The predicted molar refractivity (Wildman–Crippen MR) is 58.7 cm³/mol. The van der Waals surface area contributed by atoms with Gasteiger partial charge in [0.05, 0.1) is 6.61 Å². The average Bonchev–Trinajstić information content (AvgIpc) is 2.63. The lowest BCUT2D eigenvalue weighted by Gasteiger charge is -1.99. The summed E-state index contributed by atoms with van der Waals surface area (Å²) in [6.07, 6.45) is 2.99. The first-order chi connectivity index (χ1) is 7.22. The molecular formula is C8H9N3O2S2. The van der Waals surface area contributed by atoms with Gasteiger partial charge in [-0.15, -0.1) is 0 Å². The van der Waals surface area contributed by atoms with Crippen molar-refractivity contribution in [3.63, 3.8) is 0 Å². The maximum atomic E-state index is 11.3. The van der Waals surface area contributed by atoms with E-state index in [0.29, 0.717) is 22.5 Å². The topological polar surface area (TPSA) is 71.0 Å². The van der Waals surface area contributed by atoms with Crippen molar-refractivity contribution in [2.75, 3.05) is 12.9 Å². The molecule has 0 saturated heterocycles. The molecule has 0 radical (unpaired) electrons. The van der Waals surface area contributed by atoms with Crippen molar-refractivity contribution in [1.82, 2.24) is 15.0 Å². The van der Waals surface area contributed by atoms with Gasteiger partial charge in [0.1, 0.15) is 17.3 Å². The van der Waals surface area contributed by atoms with Crippen LogP contribution in [0.4, 0.5) is 0 Å². The molecule has 1 unspecified atom stereocenters. The monoisotopic (exact) mass is 243 g/mol. The molecule has 2 heterocycles. The maximum Gasteiger partial charge on any atom is 0.304 e. The Labute approximate surface area is 93.7 Å². The van der Waals surface area contributed by atoms with E-state index < -0.39 is 11.2 Å². The maximum absolute atomic E-state index is 11.3. The highest BCUT2D eigenvalue weighted by Gasteiger charge is 2.16. The van der Waals surface area contributed by atoms with Crippen LogP contribution in [0.15, 0.2) is 10.7 Å². The molecule has 15 heavy (non-hydrogen) atoms. The van der Waals surface area contributed by atoms with E-state index in [-0.39, 0.29) is 0 Å². The molecule has 80 valence electrons. The summed E-state index contributed by atoms with van der Waals surface area (Å²) in [5.41, 5.74) is 0.545. The predicted octanol–water partition coefficient (Wildman–Crippen LogP) is 1.22. The largest absolute Gasteiger partial charge is 0.610 e. The zero-order valence-electron chi connectivity index (χ0n) is 8.26. The minimum absolute atomic E-state index is 0.511. The Kier molecular flexibility index (Phi) is 3.03. The van der Waals surface area contributed by atoms with Gasteiger partial charge in [-0.3, -0.25) is 0 Å². The van der Waals surface area contributed by atoms with Crippen molar-refractivity contribution < 1.29 is 9.29 Å². The third kappa shape index (κ3) is 2.04. The first kappa shape index (κ1) is 10.6. The Morgan fingerprint density at radius 1 is 1.53 bits per heavy atom. The van der Waals surface area contributed by atoms with E-state index >= 15 is 0 Å². The van der Waals surface area contributed by atoms with Crippen molar-refractivity contribution in [3.8, 4) is 5.88 Å². The molecule has 2 rings (SSSR count). The third-order valence-corrected chi connectivity index (χ3v) is 4.03. The van der Waals surface area contributed by atoms with E-state index in [1.165, 1.54) is 17.7 Å². The Hall–Kier alpha value is -0.920. The summed E-state index contributed by atoms with van der Waals surface area (Å²) in [4.78, 5) is 12.2. The summed E-state index contributed by atoms with van der Waals surface area (Å²) in [5, 5.41) is 0. The van der Waals surface area contributed by atoms with Gasteiger partial charge in [-0.25, -0.2) is 9.97 Å². The van der Waals surface area contributed by atoms with Gasteiger partial charge in [0.15, 0.2) is 5.65 Å². The van der Waals surface area contributed by atoms with Gasteiger partial charge >= 0.3 is 4.34 Å². The first-order valence-electron chi connectivity index (χ1n) is 4.30. The van der Waals surface area contributed by atoms with E-state index in [2.05, 4.69) is 15.0 Å². The molecule has 0 aliphatic heterocycles. The first-order valence-corrected chi connectivity index (χ1v) is 6.67. The van der Waals surface area contributed by atoms with Crippen LogP contribution < -0.4 is 4.74 Å². The fraction of sp³-hybridized carbons (Fsp3) is 0.375. The van der Waals surface area contributed by atoms with E-state index in [1.807, 2.05) is 6.92 Å². The van der Waals surface area contributed by atoms with Gasteiger partial charge in [0.25, 0.3) is 0 Å². The molecule has 0 N–H and O–H groups in total. The molecule has 0 bridgehead atoms. The summed E-state index contributed by atoms with van der Waals surface area (Å²) < 4.78 is 17.9. The number of aromatic nitrogens is 3. The molecule has 0 aromatic carbocycles. The highest BCUT2D eigenvalue weighted by atomic mass is 32.2. The van der Waals surface area contributed by atoms with Gasteiger partial charge in [-0.05, 0) is 6.92 Å². The molecule has 0 amide bonds. The van der Waals surface area contributed by atoms with Crippen LogP contribution in [0.2, 0.25) is 0 Å². The molecule has 5 nitrogen and oxygen atoms in total. The average molecular weight is 243 g/mol. The van der Waals surface area contributed by atoms with Crippen LogP contribution in [0.25, 0.3) is 10.3 Å². The number of rotatable bonds is 3. The molecule has 0 aliphatic carbocycles. The van der Waals surface area contributed by atoms with Crippen molar-refractivity contribution in [2.45, 2.75) is 11.3 Å². The van der Waals surface area contributed by atoms with Crippen LogP contribution in [0, 0.1) is 0 Å². The molecule has 0 saturated carbocycles. The van der Waals surface area contributed by atoms with Crippen LogP contribution >= 0.6 is 11.3 Å². The molecule has 7 heteroatoms. The zero-order valence-corrected chi connectivity index (χ0v) is 9.89.